The van der Waals surface area contributed by atoms with Crippen LogP contribution in [0.25, 0.3) is 0 Å². The molecule has 0 radical (unpaired) electrons. The third-order valence-electron chi connectivity index (χ3n) is 6.25. The van der Waals surface area contributed by atoms with Crippen molar-refractivity contribution < 1.29 is 14.4 Å². The van der Waals surface area contributed by atoms with E-state index in [1.54, 1.807) is 0 Å². The number of anilines is 3. The van der Waals surface area contributed by atoms with Crippen LogP contribution in [0.15, 0.2) is 42.5 Å². The summed E-state index contributed by atoms with van der Waals surface area (Å²) in [4.78, 5) is 43.3. The summed E-state index contributed by atoms with van der Waals surface area (Å²) in [6.07, 6.45) is 0.791. The number of aromatic nitrogens is 1. The first-order valence-corrected chi connectivity index (χ1v) is 13.2. The summed E-state index contributed by atoms with van der Waals surface area (Å²) in [5, 5.41) is 3.02. The minimum atomic E-state index is -1.01. The summed E-state index contributed by atoms with van der Waals surface area (Å²) < 4.78 is 4.02. The standard InChI is InChI=1S/C28H36N6O3S/c1-16(2)13-14-31-27(36)24(19-9-11-20(12-10-19)33(5)6)34(21-15-17(3)7-8-18(21)4)28(37)25-22(29)23(26(30)35)32-38-25/h7-12,15-16,24H,13-14,29H2,1-6H3,(H2,30,35)(H,31,36)/t24-/m1/s1. The number of rotatable bonds is 10. The van der Waals surface area contributed by atoms with Crippen LogP contribution in [0.1, 0.15) is 63.2 Å². The van der Waals surface area contributed by atoms with Gasteiger partial charge in [-0.1, -0.05) is 38.1 Å². The third kappa shape index (κ3) is 6.31. The van der Waals surface area contributed by atoms with Crippen molar-refractivity contribution >= 4 is 46.3 Å². The fraction of sp³-hybridized carbons (Fsp3) is 0.357. The van der Waals surface area contributed by atoms with E-state index in [4.69, 9.17) is 11.5 Å². The number of carbonyl (C=O) groups excluding carboxylic acids is 3. The van der Waals surface area contributed by atoms with E-state index in [9.17, 15) is 14.4 Å². The average Bonchev–Trinajstić information content (AvgIpc) is 3.25. The monoisotopic (exact) mass is 536 g/mol. The first kappa shape index (κ1) is 28.6. The molecule has 10 heteroatoms. The molecule has 1 aromatic heterocycles. The number of nitrogens with zero attached hydrogens (tertiary/aromatic N) is 3. The molecule has 0 saturated carbocycles. The Kier molecular flexibility index (Phi) is 9.11. The summed E-state index contributed by atoms with van der Waals surface area (Å²) in [6.45, 7) is 8.42. The highest BCUT2D eigenvalue weighted by molar-refractivity contribution is 7.09. The predicted octanol–water partition coefficient (Wildman–Crippen LogP) is 4.06. The van der Waals surface area contributed by atoms with E-state index < -0.39 is 17.9 Å². The molecule has 0 aliphatic heterocycles. The molecule has 0 unspecified atom stereocenters. The van der Waals surface area contributed by atoms with Gasteiger partial charge in [-0.05, 0) is 72.6 Å². The van der Waals surface area contributed by atoms with Crippen LogP contribution >= 0.6 is 11.5 Å². The minimum absolute atomic E-state index is 0.0459. The number of nitrogen functional groups attached to an aromatic ring is 1. The highest BCUT2D eigenvalue weighted by Gasteiger charge is 2.36. The molecule has 3 rings (SSSR count). The molecule has 0 spiro atoms. The number of primary amides is 1. The summed E-state index contributed by atoms with van der Waals surface area (Å²) in [5.41, 5.74) is 15.2. The Balaban J connectivity index is 2.22. The van der Waals surface area contributed by atoms with Crippen molar-refractivity contribution in [2.75, 3.05) is 36.2 Å². The van der Waals surface area contributed by atoms with E-state index in [2.05, 4.69) is 23.5 Å². The van der Waals surface area contributed by atoms with Gasteiger partial charge in [0.25, 0.3) is 11.8 Å². The fourth-order valence-electron chi connectivity index (χ4n) is 4.04. The van der Waals surface area contributed by atoms with E-state index >= 15 is 0 Å². The Hall–Kier alpha value is -3.92. The number of benzene rings is 2. The summed E-state index contributed by atoms with van der Waals surface area (Å²) in [7, 11) is 3.86. The van der Waals surface area contributed by atoms with Gasteiger partial charge in [-0.2, -0.15) is 4.37 Å². The van der Waals surface area contributed by atoms with Crippen LogP contribution in [0.5, 0.6) is 0 Å². The number of aryl methyl sites for hydroxylation is 2. The second-order valence-corrected chi connectivity index (χ2v) is 10.7. The zero-order valence-corrected chi connectivity index (χ0v) is 23.6. The van der Waals surface area contributed by atoms with Crippen LogP contribution in [0.4, 0.5) is 17.1 Å². The van der Waals surface area contributed by atoms with Crippen LogP contribution in [0.2, 0.25) is 0 Å². The normalized spacial score (nSPS) is 11.8. The Morgan fingerprint density at radius 3 is 2.26 bits per heavy atom. The molecule has 2 aromatic carbocycles. The van der Waals surface area contributed by atoms with Crippen molar-refractivity contribution in [1.29, 1.82) is 0 Å². The molecule has 202 valence electrons. The molecule has 0 aliphatic carbocycles. The maximum Gasteiger partial charge on any atom is 0.273 e. The second kappa shape index (κ2) is 12.1. The lowest BCUT2D eigenvalue weighted by atomic mass is 10.00. The van der Waals surface area contributed by atoms with Crippen LogP contribution in [0, 0.1) is 19.8 Å². The lowest BCUT2D eigenvalue weighted by Crippen LogP contribution is -2.44. The molecule has 1 atom stereocenters. The first-order chi connectivity index (χ1) is 17.9. The molecular weight excluding hydrogens is 500 g/mol. The summed E-state index contributed by atoms with van der Waals surface area (Å²) in [5.74, 6) is -1.29. The van der Waals surface area contributed by atoms with Gasteiger partial charge in [0.05, 0.1) is 5.69 Å². The van der Waals surface area contributed by atoms with Gasteiger partial charge in [0, 0.05) is 32.0 Å². The van der Waals surface area contributed by atoms with Crippen LogP contribution < -0.4 is 26.6 Å². The predicted molar refractivity (Wildman–Crippen MR) is 154 cm³/mol. The molecule has 3 amide bonds. The van der Waals surface area contributed by atoms with Gasteiger partial charge in [-0.25, -0.2) is 0 Å². The van der Waals surface area contributed by atoms with E-state index in [0.717, 1.165) is 34.8 Å². The topological polar surface area (TPSA) is 135 Å². The van der Waals surface area contributed by atoms with Crippen molar-refractivity contribution in [3.63, 3.8) is 0 Å². The molecule has 0 aliphatic rings. The van der Waals surface area contributed by atoms with Crippen LogP contribution in [-0.2, 0) is 4.79 Å². The Morgan fingerprint density at radius 2 is 1.71 bits per heavy atom. The molecule has 1 heterocycles. The van der Waals surface area contributed by atoms with Crippen molar-refractivity contribution in [2.45, 2.75) is 40.2 Å². The Bertz CT molecular complexity index is 1320. The number of hydrogen-bond donors (Lipinski definition) is 3. The summed E-state index contributed by atoms with van der Waals surface area (Å²) in [6, 6.07) is 12.2. The van der Waals surface area contributed by atoms with Crippen molar-refractivity contribution in [2.24, 2.45) is 11.7 Å². The molecule has 3 aromatic rings. The first-order valence-electron chi connectivity index (χ1n) is 12.4. The van der Waals surface area contributed by atoms with Crippen LogP contribution in [0.3, 0.4) is 0 Å². The number of hydrogen-bond acceptors (Lipinski definition) is 7. The van der Waals surface area contributed by atoms with E-state index in [-0.39, 0.29) is 22.2 Å². The second-order valence-electron chi connectivity index (χ2n) is 9.97. The van der Waals surface area contributed by atoms with E-state index in [1.165, 1.54) is 4.90 Å². The largest absolute Gasteiger partial charge is 0.395 e. The van der Waals surface area contributed by atoms with E-state index in [0.29, 0.717) is 23.7 Å². The van der Waals surface area contributed by atoms with E-state index in [1.807, 2.05) is 75.3 Å². The number of nitrogens with one attached hydrogen (secondary N) is 1. The van der Waals surface area contributed by atoms with Crippen LogP contribution in [-0.4, -0.2) is 42.7 Å². The summed E-state index contributed by atoms with van der Waals surface area (Å²) >= 11 is 0.793. The van der Waals surface area contributed by atoms with Crippen molar-refractivity contribution in [3.05, 3.63) is 69.7 Å². The van der Waals surface area contributed by atoms with Gasteiger partial charge >= 0.3 is 0 Å². The maximum atomic E-state index is 14.2. The highest BCUT2D eigenvalue weighted by Crippen LogP contribution is 2.35. The third-order valence-corrected chi connectivity index (χ3v) is 7.10. The minimum Gasteiger partial charge on any atom is -0.395 e. The zero-order chi connectivity index (χ0) is 28.1. The Labute approximate surface area is 228 Å². The maximum absolute atomic E-state index is 14.2. The number of nitrogens with two attached hydrogens (primary N) is 2. The average molecular weight is 537 g/mol. The lowest BCUT2D eigenvalue weighted by Gasteiger charge is -2.33. The Morgan fingerprint density at radius 1 is 1.05 bits per heavy atom. The van der Waals surface area contributed by atoms with Gasteiger partial charge in [0.15, 0.2) is 5.69 Å². The number of carbonyl (C=O) groups is 3. The lowest BCUT2D eigenvalue weighted by molar-refractivity contribution is -0.122. The van der Waals surface area contributed by atoms with Gasteiger partial charge in [-0.3, -0.25) is 19.3 Å². The fourth-order valence-corrected chi connectivity index (χ4v) is 4.78. The van der Waals surface area contributed by atoms with Crippen molar-refractivity contribution in [3.8, 4) is 0 Å². The molecular formula is C28H36N6O3S. The molecule has 5 N–H and O–H groups in total. The van der Waals surface area contributed by atoms with Crippen molar-refractivity contribution in [1.82, 2.24) is 9.69 Å². The quantitative estimate of drug-likeness (QED) is 0.358. The molecule has 0 fully saturated rings. The molecule has 38 heavy (non-hydrogen) atoms. The zero-order valence-electron chi connectivity index (χ0n) is 22.7. The van der Waals surface area contributed by atoms with Gasteiger partial charge in [-0.15, -0.1) is 0 Å². The van der Waals surface area contributed by atoms with Gasteiger partial charge in [0.1, 0.15) is 10.9 Å². The highest BCUT2D eigenvalue weighted by atomic mass is 32.1. The smallest absolute Gasteiger partial charge is 0.273 e. The molecule has 9 nitrogen and oxygen atoms in total. The number of amides is 3. The molecule has 0 bridgehead atoms. The van der Waals surface area contributed by atoms with Gasteiger partial charge < -0.3 is 21.7 Å². The SMILES string of the molecule is Cc1ccc(C)c(N(C(=O)c2snc(C(N)=O)c2N)[C@@H](C(=O)NCCC(C)C)c2ccc(N(C)C)cc2)c1. The van der Waals surface area contributed by atoms with Gasteiger partial charge in [0.2, 0.25) is 5.91 Å². The molecule has 0 saturated heterocycles.